The molecule has 0 unspecified atom stereocenters. The maximum absolute atomic E-state index is 12.4. The summed E-state index contributed by atoms with van der Waals surface area (Å²) in [7, 11) is 1.17. The fourth-order valence-electron chi connectivity index (χ4n) is 3.70. The number of aromatic hydroxyl groups is 1. The zero-order valence-corrected chi connectivity index (χ0v) is 16.2. The van der Waals surface area contributed by atoms with Gasteiger partial charge in [0.05, 0.1) is 32.6 Å². The van der Waals surface area contributed by atoms with Crippen molar-refractivity contribution in [1.82, 2.24) is 9.55 Å². The van der Waals surface area contributed by atoms with Crippen LogP contribution in [-0.4, -0.2) is 47.2 Å². The number of aromatic nitrogens is 2. The summed E-state index contributed by atoms with van der Waals surface area (Å²) in [6, 6.07) is 7.73. The number of esters is 1. The largest absolute Gasteiger partial charge is 0.506 e. The Labute approximate surface area is 166 Å². The summed E-state index contributed by atoms with van der Waals surface area (Å²) in [6.45, 7) is 3.64. The molecule has 152 valence electrons. The quantitative estimate of drug-likeness (QED) is 0.640. The number of carbonyl (C=O) groups is 1. The van der Waals surface area contributed by atoms with Crippen molar-refractivity contribution in [3.63, 3.8) is 0 Å². The molecule has 1 saturated heterocycles. The maximum atomic E-state index is 12.4. The van der Waals surface area contributed by atoms with E-state index in [-0.39, 0.29) is 17.6 Å². The number of methoxy groups -OCH3 is 1. The van der Waals surface area contributed by atoms with Crippen molar-refractivity contribution < 1.29 is 24.1 Å². The first kappa shape index (κ1) is 19.2. The molecule has 8 heteroatoms. The fraction of sp³-hybridized carbons (Fsp3) is 0.333. The number of hydrogen-bond acceptors (Lipinski definition) is 6. The van der Waals surface area contributed by atoms with E-state index in [4.69, 9.17) is 9.47 Å². The van der Waals surface area contributed by atoms with Crippen LogP contribution in [-0.2, 0) is 27.2 Å². The molecule has 3 aromatic rings. The van der Waals surface area contributed by atoms with Crippen molar-refractivity contribution in [2.24, 2.45) is 0 Å². The van der Waals surface area contributed by atoms with Gasteiger partial charge in [-0.25, -0.2) is 4.79 Å². The Hall–Kier alpha value is -3.10. The molecule has 29 heavy (non-hydrogen) atoms. The molecular formula is C21H22N2O6. The topological polar surface area (TPSA) is 103 Å². The number of rotatable bonds is 5. The predicted octanol–water partition coefficient (Wildman–Crippen LogP) is 2.42. The van der Waals surface area contributed by atoms with E-state index in [1.165, 1.54) is 7.11 Å². The lowest BCUT2D eigenvalue weighted by Gasteiger charge is -2.14. The van der Waals surface area contributed by atoms with Gasteiger partial charge in [-0.2, -0.15) is 0 Å². The molecule has 1 aliphatic rings. The van der Waals surface area contributed by atoms with Crippen molar-refractivity contribution in [3.8, 4) is 17.0 Å². The number of pyridine rings is 1. The Morgan fingerprint density at radius 2 is 2.07 bits per heavy atom. The van der Waals surface area contributed by atoms with Gasteiger partial charge in [0.2, 0.25) is 0 Å². The number of aromatic amines is 1. The summed E-state index contributed by atoms with van der Waals surface area (Å²) in [5, 5.41) is 11.5. The average molecular weight is 398 g/mol. The van der Waals surface area contributed by atoms with Crippen LogP contribution in [0.2, 0.25) is 0 Å². The molecule has 1 aromatic carbocycles. The lowest BCUT2D eigenvalue weighted by molar-refractivity contribution is -0.0517. The first-order chi connectivity index (χ1) is 14.0. The summed E-state index contributed by atoms with van der Waals surface area (Å²) >= 11 is 0. The standard InChI is InChI=1S/C21H22N2O6/c1-3-14-18(22-20(25)17(19(14)24)21(26)27-2)13-4-5-15-12(10-13)6-7-23(15)11-16-28-8-9-29-16/h4-7,10,16H,3,8-9,11H2,1-2H3,(H2,22,24,25). The van der Waals surface area contributed by atoms with E-state index in [0.717, 1.165) is 16.5 Å². The molecular weight excluding hydrogens is 376 g/mol. The van der Waals surface area contributed by atoms with E-state index in [9.17, 15) is 14.7 Å². The van der Waals surface area contributed by atoms with Crippen LogP contribution in [0.1, 0.15) is 22.8 Å². The maximum Gasteiger partial charge on any atom is 0.347 e. The lowest BCUT2D eigenvalue weighted by Crippen LogP contribution is -2.21. The van der Waals surface area contributed by atoms with Crippen LogP contribution < -0.4 is 5.56 Å². The molecule has 4 rings (SSSR count). The highest BCUT2D eigenvalue weighted by Crippen LogP contribution is 2.32. The minimum atomic E-state index is -0.867. The summed E-state index contributed by atoms with van der Waals surface area (Å²) < 4.78 is 17.7. The van der Waals surface area contributed by atoms with Gasteiger partial charge in [-0.3, -0.25) is 4.79 Å². The minimum absolute atomic E-state index is 0.254. The molecule has 3 heterocycles. The Balaban J connectivity index is 1.76. The van der Waals surface area contributed by atoms with Gasteiger partial charge in [0.25, 0.3) is 5.56 Å². The first-order valence-corrected chi connectivity index (χ1v) is 9.42. The van der Waals surface area contributed by atoms with Crippen molar-refractivity contribution in [2.75, 3.05) is 20.3 Å². The average Bonchev–Trinajstić information content (AvgIpc) is 3.37. The Morgan fingerprint density at radius 1 is 1.31 bits per heavy atom. The molecule has 0 bridgehead atoms. The number of carbonyl (C=O) groups excluding carboxylic acids is 1. The number of ether oxygens (including phenoxy) is 3. The zero-order chi connectivity index (χ0) is 20.5. The number of fused-ring (bicyclic) bond motifs is 1. The van der Waals surface area contributed by atoms with E-state index in [0.29, 0.717) is 37.4 Å². The fourth-order valence-corrected chi connectivity index (χ4v) is 3.70. The zero-order valence-electron chi connectivity index (χ0n) is 16.2. The Morgan fingerprint density at radius 3 is 2.76 bits per heavy atom. The summed E-state index contributed by atoms with van der Waals surface area (Å²) in [4.78, 5) is 27.0. The second-order valence-electron chi connectivity index (χ2n) is 6.79. The van der Waals surface area contributed by atoms with Crippen molar-refractivity contribution in [1.29, 1.82) is 0 Å². The first-order valence-electron chi connectivity index (χ1n) is 9.42. The third kappa shape index (κ3) is 3.41. The van der Waals surface area contributed by atoms with Crippen LogP contribution in [0.5, 0.6) is 5.75 Å². The molecule has 0 atom stereocenters. The molecule has 2 N–H and O–H groups in total. The third-order valence-electron chi connectivity index (χ3n) is 5.13. The third-order valence-corrected chi connectivity index (χ3v) is 5.13. The Kier molecular flexibility index (Phi) is 5.12. The molecule has 0 aliphatic carbocycles. The molecule has 1 aliphatic heterocycles. The van der Waals surface area contributed by atoms with E-state index in [1.54, 1.807) is 0 Å². The van der Waals surface area contributed by atoms with Gasteiger partial charge in [0, 0.05) is 22.7 Å². The SMILES string of the molecule is CCc1c(-c2ccc3c(ccn3CC3OCCO3)c2)[nH]c(=O)c(C(=O)OC)c1O. The second-order valence-corrected chi connectivity index (χ2v) is 6.79. The van der Waals surface area contributed by atoms with E-state index < -0.39 is 11.5 Å². The van der Waals surface area contributed by atoms with Crippen molar-refractivity contribution in [2.45, 2.75) is 26.2 Å². The highest BCUT2D eigenvalue weighted by atomic mass is 16.7. The summed E-state index contributed by atoms with van der Waals surface area (Å²) in [5.74, 6) is -1.21. The minimum Gasteiger partial charge on any atom is -0.506 e. The van der Waals surface area contributed by atoms with Gasteiger partial charge in [-0.15, -0.1) is 0 Å². The molecule has 0 spiro atoms. The number of hydrogen-bond donors (Lipinski definition) is 2. The number of benzene rings is 1. The normalized spacial score (nSPS) is 14.6. The van der Waals surface area contributed by atoms with E-state index in [1.807, 2.05) is 37.4 Å². The molecule has 0 radical (unpaired) electrons. The molecule has 0 saturated carbocycles. The van der Waals surface area contributed by atoms with Gasteiger partial charge >= 0.3 is 5.97 Å². The van der Waals surface area contributed by atoms with Crippen LogP contribution in [0.4, 0.5) is 0 Å². The molecule has 0 amide bonds. The summed E-state index contributed by atoms with van der Waals surface area (Å²) in [6.07, 6.45) is 2.13. The van der Waals surface area contributed by atoms with Crippen LogP contribution in [0.3, 0.4) is 0 Å². The van der Waals surface area contributed by atoms with Crippen LogP contribution in [0.25, 0.3) is 22.2 Å². The van der Waals surface area contributed by atoms with E-state index in [2.05, 4.69) is 14.3 Å². The smallest absolute Gasteiger partial charge is 0.347 e. The monoisotopic (exact) mass is 398 g/mol. The highest BCUT2D eigenvalue weighted by Gasteiger charge is 2.23. The lowest BCUT2D eigenvalue weighted by atomic mass is 9.99. The van der Waals surface area contributed by atoms with Crippen molar-refractivity contribution >= 4 is 16.9 Å². The number of nitrogens with zero attached hydrogens (tertiary/aromatic N) is 1. The van der Waals surface area contributed by atoms with Crippen molar-refractivity contribution in [3.05, 3.63) is 51.9 Å². The molecule has 1 fully saturated rings. The Bertz CT molecular complexity index is 1120. The predicted molar refractivity (Wildman–Crippen MR) is 106 cm³/mol. The highest BCUT2D eigenvalue weighted by molar-refractivity contribution is 5.94. The molecule has 8 nitrogen and oxygen atoms in total. The van der Waals surface area contributed by atoms with Crippen LogP contribution >= 0.6 is 0 Å². The van der Waals surface area contributed by atoms with E-state index >= 15 is 0 Å². The second kappa shape index (κ2) is 7.73. The van der Waals surface area contributed by atoms with Gasteiger partial charge in [0.1, 0.15) is 5.75 Å². The van der Waals surface area contributed by atoms with Crippen LogP contribution in [0.15, 0.2) is 35.3 Å². The van der Waals surface area contributed by atoms with Gasteiger partial charge < -0.3 is 28.9 Å². The van der Waals surface area contributed by atoms with Gasteiger partial charge in [-0.05, 0) is 30.2 Å². The summed E-state index contributed by atoms with van der Waals surface area (Å²) in [5.41, 5.74) is 1.65. The molecule has 2 aromatic heterocycles. The number of H-pyrrole nitrogens is 1. The van der Waals surface area contributed by atoms with Gasteiger partial charge in [0.15, 0.2) is 11.9 Å². The number of nitrogens with one attached hydrogen (secondary N) is 1. The van der Waals surface area contributed by atoms with Gasteiger partial charge in [-0.1, -0.05) is 13.0 Å². The van der Waals surface area contributed by atoms with Crippen LogP contribution in [0, 0.1) is 0 Å².